The Morgan fingerprint density at radius 2 is 1.86 bits per heavy atom. The molecule has 0 nitrogen and oxygen atoms in total. The number of hydrogen-bond donors (Lipinski definition) is 0. The largest absolute Gasteiger partial charge is 0.131 e. The molecule has 0 heterocycles. The summed E-state index contributed by atoms with van der Waals surface area (Å²) in [5, 5.41) is 0.667. The van der Waals surface area contributed by atoms with Gasteiger partial charge in [-0.2, -0.15) is 0 Å². The summed E-state index contributed by atoms with van der Waals surface area (Å²) in [5.74, 6) is 0.873. The van der Waals surface area contributed by atoms with Gasteiger partial charge in [0.2, 0.25) is 0 Å². The van der Waals surface area contributed by atoms with Gasteiger partial charge >= 0.3 is 0 Å². The predicted molar refractivity (Wildman–Crippen MR) is 36.5 cm³/mol. The summed E-state index contributed by atoms with van der Waals surface area (Å²) in [6.07, 6.45) is 2.85. The molecule has 0 bridgehead atoms. The molecule has 1 saturated carbocycles. The zero-order valence-electron chi connectivity index (χ0n) is 5.07. The van der Waals surface area contributed by atoms with Gasteiger partial charge in [-0.05, 0) is 23.9 Å². The summed E-state index contributed by atoms with van der Waals surface area (Å²) in [6, 6.07) is 0. The molecule has 1 heteroatoms. The van der Waals surface area contributed by atoms with E-state index >= 15 is 0 Å². The van der Waals surface area contributed by atoms with Crippen LogP contribution in [0.2, 0.25) is 0 Å². The Bertz CT molecular complexity index is 72.2. The van der Waals surface area contributed by atoms with Crippen LogP contribution < -0.4 is 0 Å². The van der Waals surface area contributed by atoms with Crippen LogP contribution in [0, 0.1) is 5.92 Å². The van der Waals surface area contributed by atoms with Gasteiger partial charge in [-0.25, -0.2) is 0 Å². The number of rotatable bonds is 1. The maximum absolute atomic E-state index is 2.94. The molecule has 1 aliphatic rings. The minimum atomic E-state index is 0.667. The lowest BCUT2D eigenvalue weighted by Gasteiger charge is -2.10. The standard InChI is InChI=1S/C6H13P/c1-5(2)6(7)3-4-6/h5H,3-4,7H2,1-2H3. The van der Waals surface area contributed by atoms with Crippen molar-refractivity contribution in [1.29, 1.82) is 0 Å². The fraction of sp³-hybridized carbons (Fsp3) is 1.00. The first-order chi connectivity index (χ1) is 3.15. The van der Waals surface area contributed by atoms with E-state index in [1.807, 2.05) is 0 Å². The highest BCUT2D eigenvalue weighted by molar-refractivity contribution is 7.19. The third-order valence-electron chi connectivity index (χ3n) is 1.98. The highest BCUT2D eigenvalue weighted by Gasteiger charge is 2.40. The molecule has 1 rings (SSSR count). The van der Waals surface area contributed by atoms with E-state index in [1.54, 1.807) is 0 Å². The Kier molecular flexibility index (Phi) is 1.15. The van der Waals surface area contributed by atoms with Crippen LogP contribution in [0.4, 0.5) is 0 Å². The van der Waals surface area contributed by atoms with Crippen molar-refractivity contribution in [3.63, 3.8) is 0 Å². The first-order valence-electron chi connectivity index (χ1n) is 2.94. The van der Waals surface area contributed by atoms with Crippen molar-refractivity contribution in [2.75, 3.05) is 0 Å². The second kappa shape index (κ2) is 1.45. The van der Waals surface area contributed by atoms with Crippen LogP contribution >= 0.6 is 9.24 Å². The van der Waals surface area contributed by atoms with Gasteiger partial charge in [-0.15, -0.1) is 9.24 Å². The molecule has 0 amide bonds. The van der Waals surface area contributed by atoms with Crippen LogP contribution in [0.15, 0.2) is 0 Å². The molecule has 1 aliphatic carbocycles. The minimum Gasteiger partial charge on any atom is -0.131 e. The average Bonchev–Trinajstić information content (AvgIpc) is 2.21. The SMILES string of the molecule is CC(C)C1(P)CC1. The Hall–Kier alpha value is 0.430. The molecule has 0 aromatic carbocycles. The van der Waals surface area contributed by atoms with Crippen molar-refractivity contribution < 1.29 is 0 Å². The summed E-state index contributed by atoms with van der Waals surface area (Å²) < 4.78 is 0. The molecule has 1 atom stereocenters. The molecule has 0 radical (unpaired) electrons. The molecule has 0 aromatic rings. The van der Waals surface area contributed by atoms with Gasteiger partial charge in [0.05, 0.1) is 0 Å². The van der Waals surface area contributed by atoms with Gasteiger partial charge < -0.3 is 0 Å². The van der Waals surface area contributed by atoms with Gasteiger partial charge in [0, 0.05) is 0 Å². The normalized spacial score (nSPS) is 25.7. The van der Waals surface area contributed by atoms with Crippen LogP contribution in [0.3, 0.4) is 0 Å². The van der Waals surface area contributed by atoms with E-state index in [0.29, 0.717) is 5.16 Å². The molecule has 1 unspecified atom stereocenters. The van der Waals surface area contributed by atoms with Gasteiger partial charge in [-0.3, -0.25) is 0 Å². The first-order valence-corrected chi connectivity index (χ1v) is 3.52. The Labute approximate surface area is 47.9 Å². The van der Waals surface area contributed by atoms with E-state index in [2.05, 4.69) is 23.1 Å². The van der Waals surface area contributed by atoms with Crippen molar-refractivity contribution >= 4 is 9.24 Å². The quantitative estimate of drug-likeness (QED) is 0.460. The fourth-order valence-electron chi connectivity index (χ4n) is 0.722. The van der Waals surface area contributed by atoms with E-state index < -0.39 is 0 Å². The highest BCUT2D eigenvalue weighted by Crippen LogP contribution is 2.50. The zero-order chi connectivity index (χ0) is 5.49. The van der Waals surface area contributed by atoms with E-state index in [9.17, 15) is 0 Å². The van der Waals surface area contributed by atoms with Crippen LogP contribution in [-0.4, -0.2) is 5.16 Å². The Morgan fingerprint density at radius 1 is 1.43 bits per heavy atom. The smallest absolute Gasteiger partial charge is 0.0127 e. The lowest BCUT2D eigenvalue weighted by Crippen LogP contribution is -2.05. The molecule has 0 aromatic heterocycles. The van der Waals surface area contributed by atoms with Crippen LogP contribution in [0.25, 0.3) is 0 Å². The number of hydrogen-bond acceptors (Lipinski definition) is 0. The molecule has 1 fully saturated rings. The topological polar surface area (TPSA) is 0 Å². The van der Waals surface area contributed by atoms with Crippen LogP contribution in [-0.2, 0) is 0 Å². The van der Waals surface area contributed by atoms with E-state index in [0.717, 1.165) is 5.92 Å². The van der Waals surface area contributed by atoms with E-state index in [4.69, 9.17) is 0 Å². The lowest BCUT2D eigenvalue weighted by atomic mass is 10.1. The van der Waals surface area contributed by atoms with Gasteiger partial charge in [0.15, 0.2) is 0 Å². The molecule has 7 heavy (non-hydrogen) atoms. The summed E-state index contributed by atoms with van der Waals surface area (Å²) in [4.78, 5) is 0. The molecular formula is C6H13P. The minimum absolute atomic E-state index is 0.667. The van der Waals surface area contributed by atoms with E-state index in [-0.39, 0.29) is 0 Å². The maximum atomic E-state index is 2.94. The molecule has 0 spiro atoms. The Balaban J connectivity index is 2.39. The second-order valence-corrected chi connectivity index (χ2v) is 4.04. The second-order valence-electron chi connectivity index (χ2n) is 2.89. The zero-order valence-corrected chi connectivity index (χ0v) is 6.22. The molecule has 0 saturated heterocycles. The third kappa shape index (κ3) is 0.966. The van der Waals surface area contributed by atoms with Crippen molar-refractivity contribution in [1.82, 2.24) is 0 Å². The highest BCUT2D eigenvalue weighted by atomic mass is 31.0. The van der Waals surface area contributed by atoms with Crippen molar-refractivity contribution in [2.45, 2.75) is 31.8 Å². The van der Waals surface area contributed by atoms with Crippen molar-refractivity contribution in [2.24, 2.45) is 5.92 Å². The van der Waals surface area contributed by atoms with Crippen LogP contribution in [0.1, 0.15) is 26.7 Å². The van der Waals surface area contributed by atoms with E-state index in [1.165, 1.54) is 12.8 Å². The van der Waals surface area contributed by atoms with Gasteiger partial charge in [0.1, 0.15) is 0 Å². The summed E-state index contributed by atoms with van der Waals surface area (Å²) in [5.41, 5.74) is 0. The average molecular weight is 116 g/mol. The van der Waals surface area contributed by atoms with Crippen molar-refractivity contribution in [3.8, 4) is 0 Å². The molecule has 0 N–H and O–H groups in total. The molecular weight excluding hydrogens is 103 g/mol. The van der Waals surface area contributed by atoms with Gasteiger partial charge in [-0.1, -0.05) is 13.8 Å². The fourth-order valence-corrected chi connectivity index (χ4v) is 0.866. The lowest BCUT2D eigenvalue weighted by molar-refractivity contribution is 0.602. The summed E-state index contributed by atoms with van der Waals surface area (Å²) >= 11 is 0. The molecule has 42 valence electrons. The van der Waals surface area contributed by atoms with Gasteiger partial charge in [0.25, 0.3) is 0 Å². The molecule has 0 aliphatic heterocycles. The van der Waals surface area contributed by atoms with Crippen molar-refractivity contribution in [3.05, 3.63) is 0 Å². The third-order valence-corrected chi connectivity index (χ3v) is 3.22. The summed E-state index contributed by atoms with van der Waals surface area (Å²) in [6.45, 7) is 4.58. The summed E-state index contributed by atoms with van der Waals surface area (Å²) in [7, 11) is 2.94. The Morgan fingerprint density at radius 3 is 1.86 bits per heavy atom. The predicted octanol–water partition coefficient (Wildman–Crippen LogP) is 2.05. The first kappa shape index (κ1) is 5.56. The monoisotopic (exact) mass is 116 g/mol. The maximum Gasteiger partial charge on any atom is -0.0127 e. The van der Waals surface area contributed by atoms with Crippen LogP contribution in [0.5, 0.6) is 0 Å².